The molecule has 1 aliphatic rings. The van der Waals surface area contributed by atoms with E-state index in [0.717, 1.165) is 23.0 Å². The van der Waals surface area contributed by atoms with E-state index < -0.39 is 14.2 Å². The molecule has 116 valence electrons. The summed E-state index contributed by atoms with van der Waals surface area (Å²) in [4.78, 5) is 17.1. The van der Waals surface area contributed by atoms with Crippen LogP contribution in [-0.4, -0.2) is 33.0 Å². The molecule has 0 atom stereocenters. The Morgan fingerprint density at radius 2 is 2.05 bits per heavy atom. The number of carbonyl (C=O) groups is 1. The second-order valence-electron chi connectivity index (χ2n) is 6.43. The number of hydrazine groups is 2. The first kappa shape index (κ1) is 15.7. The van der Waals surface area contributed by atoms with Gasteiger partial charge in [-0.25, -0.2) is 4.79 Å². The zero-order valence-corrected chi connectivity index (χ0v) is 14.3. The van der Waals surface area contributed by atoms with Gasteiger partial charge in [-0.05, 0) is 30.7 Å². The predicted molar refractivity (Wildman–Crippen MR) is 85.6 cm³/mol. The molecule has 0 bridgehead atoms. The molecule has 6 nitrogen and oxygen atoms in total. The minimum absolute atomic E-state index is 0.403. The number of carbonyl (C=O) groups excluding carboxylic acids is 1. The van der Waals surface area contributed by atoms with Crippen molar-refractivity contribution in [2.75, 3.05) is 24.3 Å². The minimum Gasteiger partial charge on any atom is -0.433 e. The van der Waals surface area contributed by atoms with Gasteiger partial charge in [0.25, 0.3) is 0 Å². The van der Waals surface area contributed by atoms with E-state index in [-0.39, 0.29) is 0 Å². The molecule has 0 amide bonds. The van der Waals surface area contributed by atoms with Gasteiger partial charge < -0.3 is 4.74 Å². The number of aryl methyl sites for hydroxylation is 1. The molecule has 1 aromatic rings. The van der Waals surface area contributed by atoms with E-state index >= 15 is 0 Å². The normalized spacial score (nSPS) is 14.6. The third-order valence-electron chi connectivity index (χ3n) is 3.15. The number of anilines is 2. The van der Waals surface area contributed by atoms with Crippen LogP contribution in [0.4, 0.5) is 16.2 Å². The summed E-state index contributed by atoms with van der Waals surface area (Å²) in [5.74, 6) is 0. The highest BCUT2D eigenvalue weighted by Gasteiger charge is 2.28. The average molecular weight is 309 g/mol. The molecule has 1 aromatic carbocycles. The third-order valence-corrected chi connectivity index (χ3v) is 4.85. The molecule has 0 unspecified atom stereocenters. The van der Waals surface area contributed by atoms with Crippen molar-refractivity contribution in [3.63, 3.8) is 0 Å². The molecule has 7 heteroatoms. The molecule has 0 aliphatic carbocycles. The molecular formula is C14H23N3O3Si. The largest absolute Gasteiger partial charge is 0.534 e. The van der Waals surface area contributed by atoms with Gasteiger partial charge in [-0.3, -0.25) is 10.3 Å². The maximum absolute atomic E-state index is 11.8. The molecule has 0 spiro atoms. The lowest BCUT2D eigenvalue weighted by Crippen LogP contribution is -2.40. The molecule has 1 N–H and O–H groups in total. The SMILES string of the molecule is Cc1ccc2c(c1)N(OC(=O)OCC[Si](C)(C)C)N(C)N2. The smallest absolute Gasteiger partial charge is 0.433 e. The third kappa shape index (κ3) is 4.12. The predicted octanol–water partition coefficient (Wildman–Crippen LogP) is 3.40. The Labute approximate surface area is 126 Å². The van der Waals surface area contributed by atoms with Gasteiger partial charge in [0.2, 0.25) is 0 Å². The van der Waals surface area contributed by atoms with Gasteiger partial charge in [0.05, 0.1) is 12.3 Å². The Morgan fingerprint density at radius 3 is 2.71 bits per heavy atom. The van der Waals surface area contributed by atoms with Crippen molar-refractivity contribution in [3.8, 4) is 0 Å². The summed E-state index contributed by atoms with van der Waals surface area (Å²) in [5.41, 5.74) is 5.86. The van der Waals surface area contributed by atoms with Crippen molar-refractivity contribution in [1.29, 1.82) is 0 Å². The number of rotatable bonds is 4. The van der Waals surface area contributed by atoms with Crippen LogP contribution in [0.5, 0.6) is 0 Å². The number of hydrogen-bond acceptors (Lipinski definition) is 6. The lowest BCUT2D eigenvalue weighted by Gasteiger charge is -2.23. The zero-order valence-electron chi connectivity index (χ0n) is 13.3. The second kappa shape index (κ2) is 5.95. The Morgan fingerprint density at radius 1 is 1.33 bits per heavy atom. The molecule has 2 rings (SSSR count). The monoisotopic (exact) mass is 309 g/mol. The van der Waals surface area contributed by atoms with Crippen molar-refractivity contribution in [1.82, 2.24) is 5.12 Å². The number of hydrogen-bond donors (Lipinski definition) is 1. The summed E-state index contributed by atoms with van der Waals surface area (Å²) in [6, 6.07) is 6.81. The Hall–Kier alpha value is -1.73. The van der Waals surface area contributed by atoms with Crippen LogP contribution in [0.3, 0.4) is 0 Å². The first-order valence-corrected chi connectivity index (χ1v) is 10.7. The molecule has 1 aliphatic heterocycles. The van der Waals surface area contributed by atoms with Gasteiger partial charge in [0, 0.05) is 15.1 Å². The molecule has 0 radical (unpaired) electrons. The molecular weight excluding hydrogens is 286 g/mol. The van der Waals surface area contributed by atoms with Crippen LogP contribution in [0.1, 0.15) is 5.56 Å². The summed E-state index contributed by atoms with van der Waals surface area (Å²) in [6.45, 7) is 9.10. The number of fused-ring (bicyclic) bond motifs is 1. The van der Waals surface area contributed by atoms with E-state index in [9.17, 15) is 4.79 Å². The summed E-state index contributed by atoms with van der Waals surface area (Å²) in [6.07, 6.45) is -0.684. The van der Waals surface area contributed by atoms with Gasteiger partial charge >= 0.3 is 6.16 Å². The van der Waals surface area contributed by atoms with Crippen LogP contribution in [-0.2, 0) is 9.57 Å². The van der Waals surface area contributed by atoms with Crippen molar-refractivity contribution in [3.05, 3.63) is 23.8 Å². The first-order valence-electron chi connectivity index (χ1n) is 7.02. The summed E-state index contributed by atoms with van der Waals surface area (Å²) < 4.78 is 5.15. The fourth-order valence-corrected chi connectivity index (χ4v) is 2.64. The topological polar surface area (TPSA) is 54.0 Å². The molecule has 0 aromatic heterocycles. The van der Waals surface area contributed by atoms with Gasteiger partial charge in [0.15, 0.2) is 0 Å². The summed E-state index contributed by atoms with van der Waals surface area (Å²) >= 11 is 0. The average Bonchev–Trinajstić information content (AvgIpc) is 2.64. The lowest BCUT2D eigenvalue weighted by atomic mass is 10.2. The lowest BCUT2D eigenvalue weighted by molar-refractivity contribution is 0.0127. The van der Waals surface area contributed by atoms with Crippen molar-refractivity contribution >= 4 is 25.6 Å². The highest BCUT2D eigenvalue weighted by Crippen LogP contribution is 2.34. The molecule has 0 saturated heterocycles. The van der Waals surface area contributed by atoms with E-state index in [0.29, 0.717) is 6.61 Å². The van der Waals surface area contributed by atoms with Gasteiger partial charge in [-0.1, -0.05) is 25.7 Å². The molecule has 0 saturated carbocycles. The molecule has 0 fully saturated rings. The van der Waals surface area contributed by atoms with Gasteiger partial charge in [-0.2, -0.15) is 0 Å². The number of benzene rings is 1. The van der Waals surface area contributed by atoms with Crippen molar-refractivity contribution in [2.45, 2.75) is 32.6 Å². The second-order valence-corrected chi connectivity index (χ2v) is 12.1. The fraction of sp³-hybridized carbons (Fsp3) is 0.500. The standard InChI is InChI=1S/C14H23N3O3Si/c1-11-6-7-12-13(10-11)17(16(2)15-12)20-14(18)19-8-9-21(3,4)5/h6-7,10,15H,8-9H2,1-5H3. The van der Waals surface area contributed by atoms with Gasteiger partial charge in [-0.15, -0.1) is 10.3 Å². The quantitative estimate of drug-likeness (QED) is 0.679. The fourth-order valence-electron chi connectivity index (χ4n) is 1.92. The molecule has 1 heterocycles. The van der Waals surface area contributed by atoms with E-state index in [1.807, 2.05) is 25.1 Å². The van der Waals surface area contributed by atoms with Crippen LogP contribution >= 0.6 is 0 Å². The van der Waals surface area contributed by atoms with Crippen LogP contribution in [0.15, 0.2) is 18.2 Å². The Balaban J connectivity index is 1.94. The maximum atomic E-state index is 11.8. The highest BCUT2D eigenvalue weighted by atomic mass is 28.3. The van der Waals surface area contributed by atoms with Crippen molar-refractivity contribution in [2.24, 2.45) is 0 Å². The van der Waals surface area contributed by atoms with E-state index in [1.54, 1.807) is 12.2 Å². The number of nitrogens with zero attached hydrogens (tertiary/aromatic N) is 2. The summed E-state index contributed by atoms with van der Waals surface area (Å²) in [5, 5.41) is 3.00. The Kier molecular flexibility index (Phi) is 4.43. The zero-order chi connectivity index (χ0) is 15.6. The maximum Gasteiger partial charge on any atom is 0.534 e. The van der Waals surface area contributed by atoms with Gasteiger partial charge in [0.1, 0.15) is 5.69 Å². The van der Waals surface area contributed by atoms with Crippen LogP contribution in [0.25, 0.3) is 0 Å². The Bertz CT molecular complexity index is 531. The van der Waals surface area contributed by atoms with E-state index in [4.69, 9.17) is 9.57 Å². The first-order chi connectivity index (χ1) is 9.76. The van der Waals surface area contributed by atoms with Crippen LogP contribution < -0.4 is 10.6 Å². The van der Waals surface area contributed by atoms with Crippen LogP contribution in [0.2, 0.25) is 25.7 Å². The number of ether oxygens (including phenoxy) is 1. The minimum atomic E-state index is -1.22. The van der Waals surface area contributed by atoms with Crippen LogP contribution in [0, 0.1) is 6.92 Å². The number of nitrogens with one attached hydrogen (secondary N) is 1. The summed E-state index contributed by atoms with van der Waals surface area (Å²) in [7, 11) is 0.552. The molecule has 21 heavy (non-hydrogen) atoms. The van der Waals surface area contributed by atoms with E-state index in [2.05, 4.69) is 25.1 Å². The van der Waals surface area contributed by atoms with E-state index in [1.165, 1.54) is 5.17 Å². The highest BCUT2D eigenvalue weighted by molar-refractivity contribution is 6.76. The van der Waals surface area contributed by atoms with Crippen molar-refractivity contribution < 1.29 is 14.4 Å².